The average molecular weight is 247 g/mol. The van der Waals surface area contributed by atoms with E-state index in [1.165, 1.54) is 5.56 Å². The molecule has 0 saturated heterocycles. The number of hydrogen-bond donors (Lipinski definition) is 2. The molecule has 4 N–H and O–H groups in total. The molecule has 0 heterocycles. The van der Waals surface area contributed by atoms with Crippen LogP contribution in [0.4, 0.5) is 5.69 Å². The van der Waals surface area contributed by atoms with E-state index in [2.05, 4.69) is 12.1 Å². The summed E-state index contributed by atoms with van der Waals surface area (Å²) in [6.07, 6.45) is 0. The van der Waals surface area contributed by atoms with E-state index in [9.17, 15) is 0 Å². The van der Waals surface area contributed by atoms with Gasteiger partial charge in [0.2, 0.25) is 0 Å². The molecule has 0 spiro atoms. The maximum atomic E-state index is 6.22. The molecular weight excluding hydrogens is 232 g/mol. The lowest BCUT2D eigenvalue weighted by Crippen LogP contribution is -2.14. The summed E-state index contributed by atoms with van der Waals surface area (Å²) >= 11 is 6.22. The summed E-state index contributed by atoms with van der Waals surface area (Å²) in [5.74, 6) is 0.115. The Bertz CT molecular complexity index is 497. The summed E-state index contributed by atoms with van der Waals surface area (Å²) in [4.78, 5) is 0. The second-order valence-corrected chi connectivity index (χ2v) is 4.39. The lowest BCUT2D eigenvalue weighted by Gasteiger charge is -2.17. The first kappa shape index (κ1) is 12.0. The van der Waals surface area contributed by atoms with Crippen molar-refractivity contribution in [3.05, 3.63) is 64.7 Å². The van der Waals surface area contributed by atoms with E-state index >= 15 is 0 Å². The molecule has 88 valence electrons. The van der Waals surface area contributed by atoms with Gasteiger partial charge in [0.25, 0.3) is 0 Å². The Morgan fingerprint density at radius 3 is 2.35 bits per heavy atom. The molecule has 2 rings (SSSR count). The minimum Gasteiger partial charge on any atom is -0.399 e. The van der Waals surface area contributed by atoms with E-state index in [4.69, 9.17) is 23.1 Å². The van der Waals surface area contributed by atoms with Crippen molar-refractivity contribution in [2.75, 3.05) is 12.3 Å². The third kappa shape index (κ3) is 2.60. The molecule has 0 bridgehead atoms. The molecule has 17 heavy (non-hydrogen) atoms. The van der Waals surface area contributed by atoms with E-state index in [-0.39, 0.29) is 5.92 Å². The number of benzene rings is 2. The standard InChI is InChI=1S/C14H15ClN2/c15-14-8-11(17)6-7-12(14)13(9-16)10-4-2-1-3-5-10/h1-8,13H,9,16-17H2. The van der Waals surface area contributed by atoms with Crippen LogP contribution in [-0.2, 0) is 0 Å². The molecule has 0 radical (unpaired) electrons. The van der Waals surface area contributed by atoms with Crippen molar-refractivity contribution in [3.8, 4) is 0 Å². The molecular formula is C14H15ClN2. The van der Waals surface area contributed by atoms with Gasteiger partial charge in [-0.2, -0.15) is 0 Å². The normalized spacial score (nSPS) is 12.4. The summed E-state index contributed by atoms with van der Waals surface area (Å²) in [6.45, 7) is 0.521. The van der Waals surface area contributed by atoms with Crippen molar-refractivity contribution in [2.24, 2.45) is 5.73 Å². The van der Waals surface area contributed by atoms with Gasteiger partial charge in [-0.05, 0) is 23.3 Å². The van der Waals surface area contributed by atoms with Crippen LogP contribution in [0.1, 0.15) is 17.0 Å². The van der Waals surface area contributed by atoms with Crippen LogP contribution in [-0.4, -0.2) is 6.54 Å². The molecule has 0 aromatic heterocycles. The molecule has 1 atom stereocenters. The number of halogens is 1. The summed E-state index contributed by atoms with van der Waals surface area (Å²) in [6, 6.07) is 15.7. The van der Waals surface area contributed by atoms with Crippen molar-refractivity contribution >= 4 is 17.3 Å². The molecule has 0 fully saturated rings. The van der Waals surface area contributed by atoms with E-state index in [0.717, 1.165) is 5.56 Å². The van der Waals surface area contributed by atoms with Gasteiger partial charge in [0.05, 0.1) is 0 Å². The van der Waals surface area contributed by atoms with Gasteiger partial charge in [-0.25, -0.2) is 0 Å². The molecule has 2 aromatic rings. The Kier molecular flexibility index (Phi) is 3.67. The zero-order valence-corrected chi connectivity index (χ0v) is 10.2. The van der Waals surface area contributed by atoms with Crippen LogP contribution in [0.2, 0.25) is 5.02 Å². The van der Waals surface area contributed by atoms with Gasteiger partial charge in [0.15, 0.2) is 0 Å². The van der Waals surface area contributed by atoms with Gasteiger partial charge in [-0.3, -0.25) is 0 Å². The second-order valence-electron chi connectivity index (χ2n) is 3.98. The smallest absolute Gasteiger partial charge is 0.0465 e. The van der Waals surface area contributed by atoms with Crippen molar-refractivity contribution in [3.63, 3.8) is 0 Å². The number of hydrogen-bond acceptors (Lipinski definition) is 2. The molecule has 1 unspecified atom stereocenters. The monoisotopic (exact) mass is 246 g/mol. The first-order chi connectivity index (χ1) is 8.22. The fraction of sp³-hybridized carbons (Fsp3) is 0.143. The van der Waals surface area contributed by atoms with Crippen molar-refractivity contribution in [1.29, 1.82) is 0 Å². The lowest BCUT2D eigenvalue weighted by atomic mass is 9.91. The summed E-state index contributed by atoms with van der Waals surface area (Å²) in [5.41, 5.74) is 14.4. The van der Waals surface area contributed by atoms with Crippen LogP contribution in [0.15, 0.2) is 48.5 Å². The Morgan fingerprint density at radius 1 is 1.06 bits per heavy atom. The quantitative estimate of drug-likeness (QED) is 0.818. The molecule has 0 saturated carbocycles. The Labute approximate surface area is 106 Å². The maximum absolute atomic E-state index is 6.22. The van der Waals surface area contributed by atoms with E-state index in [1.54, 1.807) is 6.07 Å². The van der Waals surface area contributed by atoms with Crippen molar-refractivity contribution in [1.82, 2.24) is 0 Å². The van der Waals surface area contributed by atoms with Gasteiger partial charge in [-0.15, -0.1) is 0 Å². The largest absolute Gasteiger partial charge is 0.399 e. The van der Waals surface area contributed by atoms with Gasteiger partial charge < -0.3 is 11.5 Å². The average Bonchev–Trinajstić information content (AvgIpc) is 2.34. The number of rotatable bonds is 3. The highest BCUT2D eigenvalue weighted by Gasteiger charge is 2.15. The molecule has 0 aliphatic rings. The summed E-state index contributed by atoms with van der Waals surface area (Å²) in [5, 5.41) is 0.671. The Morgan fingerprint density at radius 2 is 1.76 bits per heavy atom. The topological polar surface area (TPSA) is 52.0 Å². The summed E-state index contributed by atoms with van der Waals surface area (Å²) < 4.78 is 0. The highest BCUT2D eigenvalue weighted by Crippen LogP contribution is 2.30. The number of anilines is 1. The SMILES string of the molecule is NCC(c1ccccc1)c1ccc(N)cc1Cl. The minimum atomic E-state index is 0.115. The van der Waals surface area contributed by atoms with Crippen molar-refractivity contribution in [2.45, 2.75) is 5.92 Å². The lowest BCUT2D eigenvalue weighted by molar-refractivity contribution is 0.819. The Hall–Kier alpha value is -1.51. The summed E-state index contributed by atoms with van der Waals surface area (Å²) in [7, 11) is 0. The predicted molar refractivity (Wildman–Crippen MR) is 73.2 cm³/mol. The number of nitrogen functional groups attached to an aromatic ring is 1. The van der Waals surface area contributed by atoms with E-state index < -0.39 is 0 Å². The van der Waals surface area contributed by atoms with E-state index in [1.807, 2.05) is 30.3 Å². The molecule has 2 nitrogen and oxygen atoms in total. The molecule has 0 amide bonds. The van der Waals surface area contributed by atoms with Gasteiger partial charge in [0, 0.05) is 23.2 Å². The molecule has 0 aliphatic heterocycles. The number of nitrogens with two attached hydrogens (primary N) is 2. The fourth-order valence-corrected chi connectivity index (χ4v) is 2.27. The maximum Gasteiger partial charge on any atom is 0.0465 e. The van der Waals surface area contributed by atoms with Crippen molar-refractivity contribution < 1.29 is 0 Å². The van der Waals surface area contributed by atoms with Crippen LogP contribution in [0.25, 0.3) is 0 Å². The zero-order valence-electron chi connectivity index (χ0n) is 9.44. The molecule has 0 aliphatic carbocycles. The first-order valence-corrected chi connectivity index (χ1v) is 5.90. The molecule has 2 aromatic carbocycles. The van der Waals surface area contributed by atoms with Gasteiger partial charge >= 0.3 is 0 Å². The fourth-order valence-electron chi connectivity index (χ4n) is 1.95. The highest BCUT2D eigenvalue weighted by molar-refractivity contribution is 6.31. The Balaban J connectivity index is 2.42. The third-order valence-corrected chi connectivity index (χ3v) is 3.16. The zero-order chi connectivity index (χ0) is 12.3. The van der Waals surface area contributed by atoms with Crippen LogP contribution in [0, 0.1) is 0 Å². The minimum absolute atomic E-state index is 0.115. The highest BCUT2D eigenvalue weighted by atomic mass is 35.5. The van der Waals surface area contributed by atoms with Crippen LogP contribution >= 0.6 is 11.6 Å². The second kappa shape index (κ2) is 5.21. The molecule has 3 heteroatoms. The van der Waals surface area contributed by atoms with Crippen LogP contribution in [0.3, 0.4) is 0 Å². The van der Waals surface area contributed by atoms with Crippen LogP contribution < -0.4 is 11.5 Å². The van der Waals surface area contributed by atoms with Crippen LogP contribution in [0.5, 0.6) is 0 Å². The third-order valence-electron chi connectivity index (χ3n) is 2.84. The van der Waals surface area contributed by atoms with Gasteiger partial charge in [0.1, 0.15) is 0 Å². The van der Waals surface area contributed by atoms with E-state index in [0.29, 0.717) is 17.3 Å². The predicted octanol–water partition coefficient (Wildman–Crippen LogP) is 3.01. The first-order valence-electron chi connectivity index (χ1n) is 5.52. The van der Waals surface area contributed by atoms with Gasteiger partial charge in [-0.1, -0.05) is 48.0 Å².